The maximum Gasteiger partial charge on any atom is 0.213 e. The Morgan fingerprint density at radius 2 is 1.92 bits per heavy atom. The molecule has 0 aromatic heterocycles. The Labute approximate surface area is 80.9 Å². The summed E-state index contributed by atoms with van der Waals surface area (Å²) in [5, 5.41) is 0. The van der Waals surface area contributed by atoms with Crippen LogP contribution in [-0.4, -0.2) is 37.5 Å². The molecule has 78 valence electrons. The maximum absolute atomic E-state index is 11.8. The lowest BCUT2D eigenvalue weighted by molar-refractivity contribution is 0.242. The number of likely N-dealkylation sites (tertiary alicyclic amines) is 1. The molecule has 1 atom stereocenters. The Hall–Kier alpha value is 0.150. The Morgan fingerprint density at radius 3 is 2.46 bits per heavy atom. The van der Waals surface area contributed by atoms with E-state index in [0.29, 0.717) is 12.9 Å². The van der Waals surface area contributed by atoms with Crippen LogP contribution in [0, 0.1) is 0 Å². The molecule has 1 rings (SSSR count). The summed E-state index contributed by atoms with van der Waals surface area (Å²) in [6, 6.07) is 0. The van der Waals surface area contributed by atoms with E-state index in [9.17, 15) is 4.57 Å². The van der Waals surface area contributed by atoms with Crippen LogP contribution in [-0.2, 0) is 9.09 Å². The van der Waals surface area contributed by atoms with Gasteiger partial charge in [-0.15, -0.1) is 0 Å². The molecule has 0 saturated carbocycles. The van der Waals surface area contributed by atoms with Crippen molar-refractivity contribution in [3.63, 3.8) is 0 Å². The molecule has 0 N–H and O–H groups in total. The molecule has 1 unspecified atom stereocenters. The summed E-state index contributed by atoms with van der Waals surface area (Å²) in [5.41, 5.74) is 0. The molecule has 4 heteroatoms. The third-order valence-electron chi connectivity index (χ3n) is 2.31. The van der Waals surface area contributed by atoms with E-state index in [-0.39, 0.29) is 0 Å². The number of hydrogen-bond donors (Lipinski definition) is 0. The Bertz CT molecular complexity index is 190. The quantitative estimate of drug-likeness (QED) is 0.660. The van der Waals surface area contributed by atoms with E-state index in [4.69, 9.17) is 4.52 Å². The zero-order chi connectivity index (χ0) is 9.73. The zero-order valence-electron chi connectivity index (χ0n) is 8.66. The number of nitrogens with zero attached hydrogens (tertiary/aromatic N) is 1. The second-order valence-electron chi connectivity index (χ2n) is 3.75. The van der Waals surface area contributed by atoms with Crippen LogP contribution in [0.2, 0.25) is 0 Å². The highest BCUT2D eigenvalue weighted by Gasteiger charge is 2.21. The smallest absolute Gasteiger partial charge is 0.213 e. The third-order valence-corrected chi connectivity index (χ3v) is 4.03. The summed E-state index contributed by atoms with van der Waals surface area (Å²) in [6.07, 6.45) is 4.44. The first kappa shape index (κ1) is 11.2. The molecule has 1 saturated heterocycles. The normalized spacial score (nSPS) is 24.2. The summed E-state index contributed by atoms with van der Waals surface area (Å²) in [4.78, 5) is 2.26. The monoisotopic (exact) mass is 205 g/mol. The predicted octanol–water partition coefficient (Wildman–Crippen LogP) is 2.37. The van der Waals surface area contributed by atoms with E-state index >= 15 is 0 Å². The Kier molecular flexibility index (Phi) is 4.43. The summed E-state index contributed by atoms with van der Waals surface area (Å²) >= 11 is 0. The predicted molar refractivity (Wildman–Crippen MR) is 55.4 cm³/mol. The Balaban J connectivity index is 2.32. The van der Waals surface area contributed by atoms with Crippen molar-refractivity contribution in [3.8, 4) is 0 Å². The van der Waals surface area contributed by atoms with Crippen LogP contribution < -0.4 is 0 Å². The minimum absolute atomic E-state index is 0.557. The summed E-state index contributed by atoms with van der Waals surface area (Å²) in [5.74, 6) is 0. The SMILES string of the molecule is CCOP(C)(=O)CN1CCCCC1. The molecule has 1 heterocycles. The van der Waals surface area contributed by atoms with Crippen LogP contribution >= 0.6 is 7.37 Å². The topological polar surface area (TPSA) is 29.5 Å². The molecule has 0 amide bonds. The zero-order valence-corrected chi connectivity index (χ0v) is 9.56. The second-order valence-corrected chi connectivity index (χ2v) is 6.32. The van der Waals surface area contributed by atoms with Crippen LogP contribution in [0.4, 0.5) is 0 Å². The number of rotatable bonds is 4. The average molecular weight is 205 g/mol. The van der Waals surface area contributed by atoms with Gasteiger partial charge >= 0.3 is 0 Å². The average Bonchev–Trinajstić information content (AvgIpc) is 2.04. The van der Waals surface area contributed by atoms with Crippen molar-refractivity contribution in [1.82, 2.24) is 4.90 Å². The van der Waals surface area contributed by atoms with Gasteiger partial charge in [0.1, 0.15) is 0 Å². The minimum Gasteiger partial charge on any atom is -0.328 e. The van der Waals surface area contributed by atoms with Crippen molar-refractivity contribution in [2.45, 2.75) is 26.2 Å². The van der Waals surface area contributed by atoms with E-state index in [0.717, 1.165) is 13.1 Å². The van der Waals surface area contributed by atoms with Crippen LogP contribution in [0.3, 0.4) is 0 Å². The molecule has 1 aliphatic heterocycles. The van der Waals surface area contributed by atoms with Gasteiger partial charge in [-0.1, -0.05) is 6.42 Å². The van der Waals surface area contributed by atoms with Crippen molar-refractivity contribution >= 4 is 7.37 Å². The molecule has 0 spiro atoms. The summed E-state index contributed by atoms with van der Waals surface area (Å²) in [7, 11) is -2.34. The van der Waals surface area contributed by atoms with E-state index in [2.05, 4.69) is 4.90 Å². The molecule has 3 nitrogen and oxygen atoms in total. The lowest BCUT2D eigenvalue weighted by atomic mass is 10.1. The molecular weight excluding hydrogens is 185 g/mol. The fourth-order valence-electron chi connectivity index (χ4n) is 1.78. The summed E-state index contributed by atoms with van der Waals surface area (Å²) in [6.45, 7) is 6.37. The number of hydrogen-bond acceptors (Lipinski definition) is 3. The molecule has 0 bridgehead atoms. The summed E-state index contributed by atoms with van der Waals surface area (Å²) < 4.78 is 17.1. The van der Waals surface area contributed by atoms with Gasteiger partial charge in [0, 0.05) is 6.66 Å². The van der Waals surface area contributed by atoms with Crippen molar-refractivity contribution in [2.24, 2.45) is 0 Å². The van der Waals surface area contributed by atoms with Crippen LogP contribution in [0.25, 0.3) is 0 Å². The van der Waals surface area contributed by atoms with Gasteiger partial charge in [-0.05, 0) is 32.9 Å². The molecule has 13 heavy (non-hydrogen) atoms. The standard InChI is InChI=1S/C9H20NO2P/c1-3-12-13(2,11)9-10-7-5-4-6-8-10/h3-9H2,1-2H3. The van der Waals surface area contributed by atoms with Gasteiger partial charge in [0.2, 0.25) is 7.37 Å². The van der Waals surface area contributed by atoms with Crippen molar-refractivity contribution in [3.05, 3.63) is 0 Å². The molecule has 0 aromatic carbocycles. The maximum atomic E-state index is 11.8. The molecular formula is C9H20NO2P. The third kappa shape index (κ3) is 4.26. The van der Waals surface area contributed by atoms with E-state index in [1.165, 1.54) is 19.3 Å². The van der Waals surface area contributed by atoms with Crippen LogP contribution in [0.15, 0.2) is 0 Å². The van der Waals surface area contributed by atoms with Gasteiger partial charge < -0.3 is 4.52 Å². The highest BCUT2D eigenvalue weighted by atomic mass is 31.2. The van der Waals surface area contributed by atoms with Gasteiger partial charge in [0.15, 0.2) is 0 Å². The number of piperidine rings is 1. The fourth-order valence-corrected chi connectivity index (χ4v) is 3.42. The second kappa shape index (κ2) is 5.14. The first-order valence-electron chi connectivity index (χ1n) is 5.07. The largest absolute Gasteiger partial charge is 0.328 e. The van der Waals surface area contributed by atoms with Crippen molar-refractivity contribution in [2.75, 3.05) is 32.6 Å². The molecule has 1 aliphatic rings. The highest BCUT2D eigenvalue weighted by molar-refractivity contribution is 7.58. The first-order chi connectivity index (χ1) is 6.14. The van der Waals surface area contributed by atoms with Gasteiger partial charge in [0.25, 0.3) is 0 Å². The lowest BCUT2D eigenvalue weighted by Gasteiger charge is -2.28. The molecule has 1 fully saturated rings. The minimum atomic E-state index is -2.34. The van der Waals surface area contributed by atoms with Crippen LogP contribution in [0.1, 0.15) is 26.2 Å². The molecule has 0 aliphatic carbocycles. The van der Waals surface area contributed by atoms with E-state index in [1.807, 2.05) is 6.92 Å². The Morgan fingerprint density at radius 1 is 1.31 bits per heavy atom. The first-order valence-corrected chi connectivity index (χ1v) is 7.33. The van der Waals surface area contributed by atoms with E-state index < -0.39 is 7.37 Å². The van der Waals surface area contributed by atoms with Gasteiger partial charge in [-0.3, -0.25) is 9.46 Å². The lowest BCUT2D eigenvalue weighted by Crippen LogP contribution is -2.30. The fraction of sp³-hybridized carbons (Fsp3) is 1.00. The van der Waals surface area contributed by atoms with Crippen molar-refractivity contribution < 1.29 is 9.09 Å². The van der Waals surface area contributed by atoms with Crippen LogP contribution in [0.5, 0.6) is 0 Å². The highest BCUT2D eigenvalue weighted by Crippen LogP contribution is 2.43. The van der Waals surface area contributed by atoms with Crippen molar-refractivity contribution in [1.29, 1.82) is 0 Å². The van der Waals surface area contributed by atoms with Gasteiger partial charge in [0.05, 0.1) is 12.9 Å². The van der Waals surface area contributed by atoms with Gasteiger partial charge in [-0.2, -0.15) is 0 Å². The van der Waals surface area contributed by atoms with Gasteiger partial charge in [-0.25, -0.2) is 0 Å². The van der Waals surface area contributed by atoms with E-state index in [1.54, 1.807) is 6.66 Å². The molecule has 0 radical (unpaired) electrons. The molecule has 0 aromatic rings.